The highest BCUT2D eigenvalue weighted by molar-refractivity contribution is 7.53. The summed E-state index contributed by atoms with van der Waals surface area (Å²) in [5.41, 5.74) is 3.36. The van der Waals surface area contributed by atoms with Crippen molar-refractivity contribution in [3.63, 3.8) is 0 Å². The molecule has 0 aliphatic carbocycles. The Labute approximate surface area is 245 Å². The predicted octanol–water partition coefficient (Wildman–Crippen LogP) is 5.16. The van der Waals surface area contributed by atoms with Gasteiger partial charge in [-0.1, -0.05) is 122 Å². The minimum atomic E-state index is -5.04. The van der Waals surface area contributed by atoms with E-state index < -0.39 is 36.7 Å². The van der Waals surface area contributed by atoms with Gasteiger partial charge in [0.1, 0.15) is 0 Å². The van der Waals surface area contributed by atoms with E-state index >= 15 is 0 Å². The summed E-state index contributed by atoms with van der Waals surface area (Å²) in [6.07, 6.45) is 0.404. The summed E-state index contributed by atoms with van der Waals surface area (Å²) >= 11 is 0. The summed E-state index contributed by atoms with van der Waals surface area (Å²) in [5, 5.41) is 13.2. The van der Waals surface area contributed by atoms with Crippen molar-refractivity contribution in [1.82, 2.24) is 10.6 Å². The number of carboxylic acid groups (broad SMARTS) is 1. The highest BCUT2D eigenvalue weighted by Gasteiger charge is 2.52. The number of hydrogen-bond donors (Lipinski definition) is 5. The topological polar surface area (TPSA) is 136 Å². The largest absolute Gasteiger partial charge is 0.481 e. The molecule has 0 bridgehead atoms. The number of hydrogen-bond acceptors (Lipinski definition) is 4. The van der Waals surface area contributed by atoms with Crippen LogP contribution in [0.4, 0.5) is 0 Å². The molecule has 8 nitrogen and oxygen atoms in total. The Morgan fingerprint density at radius 1 is 0.762 bits per heavy atom. The van der Waals surface area contributed by atoms with Crippen LogP contribution >= 0.6 is 7.60 Å². The van der Waals surface area contributed by atoms with Gasteiger partial charge in [0.15, 0.2) is 5.28 Å². The molecule has 0 aliphatic heterocycles. The van der Waals surface area contributed by atoms with Crippen molar-refractivity contribution in [2.75, 3.05) is 6.54 Å². The van der Waals surface area contributed by atoms with Crippen molar-refractivity contribution in [3.05, 3.63) is 132 Å². The maximum absolute atomic E-state index is 13.7. The summed E-state index contributed by atoms with van der Waals surface area (Å²) in [6.45, 7) is 1.61. The fourth-order valence-electron chi connectivity index (χ4n) is 5.03. The summed E-state index contributed by atoms with van der Waals surface area (Å²) < 4.78 is 13.5. The maximum atomic E-state index is 13.7. The Bertz CT molecular complexity index is 1470. The van der Waals surface area contributed by atoms with Crippen molar-refractivity contribution < 1.29 is 29.0 Å². The zero-order chi connectivity index (χ0) is 30.2. The van der Waals surface area contributed by atoms with Crippen LogP contribution in [-0.4, -0.2) is 39.4 Å². The Kier molecular flexibility index (Phi) is 10.1. The van der Waals surface area contributed by atoms with Crippen molar-refractivity contribution in [2.45, 2.75) is 31.1 Å². The van der Waals surface area contributed by atoms with Gasteiger partial charge in [0, 0.05) is 6.54 Å². The smallest absolute Gasteiger partial charge is 0.354 e. The van der Waals surface area contributed by atoms with Crippen LogP contribution in [0.2, 0.25) is 0 Å². The Hall–Kier alpha value is -4.07. The molecule has 0 fully saturated rings. The molecule has 1 amide bonds. The van der Waals surface area contributed by atoms with Crippen molar-refractivity contribution in [3.8, 4) is 11.1 Å². The highest BCUT2D eigenvalue weighted by atomic mass is 31.2. The molecule has 2 atom stereocenters. The van der Waals surface area contributed by atoms with Gasteiger partial charge in [-0.2, -0.15) is 0 Å². The SMILES string of the molecule is CCC(CNC(=O)C(Cc1ccc(-c2ccccc2)cc1)NC(c1ccccc1)(c1ccccc1)P(=O)(O)O)C(=O)O. The molecule has 4 aromatic carbocycles. The van der Waals surface area contributed by atoms with Crippen LogP contribution < -0.4 is 10.6 Å². The molecule has 2 unspecified atom stereocenters. The molecule has 218 valence electrons. The van der Waals surface area contributed by atoms with Crippen LogP contribution in [0.5, 0.6) is 0 Å². The molecular formula is C33H35N2O6P. The first-order valence-electron chi connectivity index (χ1n) is 13.7. The van der Waals surface area contributed by atoms with Crippen molar-refractivity contribution >= 4 is 19.5 Å². The number of aliphatic carboxylic acids is 1. The van der Waals surface area contributed by atoms with Crippen LogP contribution in [0.1, 0.15) is 30.0 Å². The minimum absolute atomic E-state index is 0.0895. The molecule has 5 N–H and O–H groups in total. The first-order chi connectivity index (χ1) is 20.2. The number of carbonyl (C=O) groups excluding carboxylic acids is 1. The average molecular weight is 587 g/mol. The lowest BCUT2D eigenvalue weighted by molar-refractivity contribution is -0.141. The predicted molar refractivity (Wildman–Crippen MR) is 163 cm³/mol. The maximum Gasteiger partial charge on any atom is 0.354 e. The van der Waals surface area contributed by atoms with Gasteiger partial charge < -0.3 is 20.2 Å². The van der Waals surface area contributed by atoms with Crippen LogP contribution in [0, 0.1) is 5.92 Å². The molecule has 0 aliphatic rings. The van der Waals surface area contributed by atoms with Crippen LogP contribution in [0.25, 0.3) is 11.1 Å². The van der Waals surface area contributed by atoms with E-state index in [1.807, 2.05) is 54.6 Å². The Morgan fingerprint density at radius 3 is 1.69 bits per heavy atom. The second kappa shape index (κ2) is 13.7. The van der Waals surface area contributed by atoms with E-state index in [0.29, 0.717) is 17.5 Å². The third-order valence-electron chi connectivity index (χ3n) is 7.39. The van der Waals surface area contributed by atoms with Gasteiger partial charge in [-0.05, 0) is 40.7 Å². The molecule has 0 aromatic heterocycles. The zero-order valence-corrected chi connectivity index (χ0v) is 24.2. The molecule has 0 spiro atoms. The highest BCUT2D eigenvalue weighted by Crippen LogP contribution is 2.59. The van der Waals surface area contributed by atoms with E-state index in [9.17, 15) is 29.0 Å². The summed E-state index contributed by atoms with van der Waals surface area (Å²) in [7, 11) is -5.04. The van der Waals surface area contributed by atoms with Gasteiger partial charge in [0.2, 0.25) is 5.91 Å². The molecule has 0 radical (unpaired) electrons. The Balaban J connectivity index is 1.76. The first kappa shape index (κ1) is 30.9. The number of carbonyl (C=O) groups is 2. The molecule has 0 heterocycles. The number of amides is 1. The summed E-state index contributed by atoms with van der Waals surface area (Å²) in [4.78, 5) is 47.3. The van der Waals surface area contributed by atoms with Gasteiger partial charge >= 0.3 is 13.6 Å². The van der Waals surface area contributed by atoms with Gasteiger partial charge in [-0.3, -0.25) is 19.5 Å². The second-order valence-corrected chi connectivity index (χ2v) is 11.9. The van der Waals surface area contributed by atoms with E-state index in [-0.39, 0.29) is 13.0 Å². The fourth-order valence-corrected chi connectivity index (χ4v) is 6.32. The van der Waals surface area contributed by atoms with Gasteiger partial charge in [-0.25, -0.2) is 0 Å². The van der Waals surface area contributed by atoms with E-state index in [1.165, 1.54) is 0 Å². The van der Waals surface area contributed by atoms with E-state index in [4.69, 9.17) is 0 Å². The normalized spacial score (nSPS) is 13.2. The number of carboxylic acids is 1. The lowest BCUT2D eigenvalue weighted by atomic mass is 9.94. The molecule has 0 saturated carbocycles. The summed E-state index contributed by atoms with van der Waals surface area (Å²) in [6, 6.07) is 33.0. The van der Waals surface area contributed by atoms with E-state index in [2.05, 4.69) is 10.6 Å². The lowest BCUT2D eigenvalue weighted by Crippen LogP contribution is -2.55. The van der Waals surface area contributed by atoms with Crippen LogP contribution in [0.15, 0.2) is 115 Å². The van der Waals surface area contributed by atoms with Gasteiger partial charge in [-0.15, -0.1) is 0 Å². The molecule has 42 heavy (non-hydrogen) atoms. The fraction of sp³-hybridized carbons (Fsp3) is 0.212. The molecule has 9 heteroatoms. The second-order valence-electron chi connectivity index (χ2n) is 10.1. The monoisotopic (exact) mass is 586 g/mol. The van der Waals surface area contributed by atoms with E-state index in [1.54, 1.807) is 67.6 Å². The van der Waals surface area contributed by atoms with Gasteiger partial charge in [0.05, 0.1) is 12.0 Å². The first-order valence-corrected chi connectivity index (χ1v) is 15.4. The molecule has 4 aromatic rings. The quantitative estimate of drug-likeness (QED) is 0.137. The zero-order valence-electron chi connectivity index (χ0n) is 23.3. The van der Waals surface area contributed by atoms with Crippen LogP contribution in [0.3, 0.4) is 0 Å². The third-order valence-corrected chi connectivity index (χ3v) is 8.90. The lowest BCUT2D eigenvalue weighted by Gasteiger charge is -2.39. The Morgan fingerprint density at radius 2 is 1.24 bits per heavy atom. The molecular weight excluding hydrogens is 551 g/mol. The number of benzene rings is 4. The summed E-state index contributed by atoms with van der Waals surface area (Å²) in [5.74, 6) is -2.39. The van der Waals surface area contributed by atoms with Gasteiger partial charge in [0.25, 0.3) is 0 Å². The third kappa shape index (κ3) is 7.04. The van der Waals surface area contributed by atoms with E-state index in [0.717, 1.165) is 16.7 Å². The molecule has 0 saturated heterocycles. The van der Waals surface area contributed by atoms with Crippen LogP contribution in [-0.2, 0) is 25.9 Å². The average Bonchev–Trinajstić information content (AvgIpc) is 3.00. The standard InChI is InChI=1S/C33H35N2O6P/c1-2-25(32(37)38)23-34-31(36)30(22-24-18-20-27(21-19-24)26-12-6-3-7-13-26)35-33(42(39,40)41,28-14-8-4-9-15-28)29-16-10-5-11-17-29/h3-21,25,30,35H,2,22-23H2,1H3,(H,34,36)(H,37,38)(H2,39,40,41). The minimum Gasteiger partial charge on any atom is -0.481 e. The molecule has 4 rings (SSSR count). The number of rotatable bonds is 13. The van der Waals surface area contributed by atoms with Crippen molar-refractivity contribution in [2.24, 2.45) is 5.92 Å². The number of nitrogens with one attached hydrogen (secondary N) is 2. The van der Waals surface area contributed by atoms with Crippen molar-refractivity contribution in [1.29, 1.82) is 0 Å².